The van der Waals surface area contributed by atoms with Gasteiger partial charge in [-0.1, -0.05) is 11.8 Å². The van der Waals surface area contributed by atoms with Gasteiger partial charge < -0.3 is 10.3 Å². The zero-order chi connectivity index (χ0) is 14.3. The second kappa shape index (κ2) is 4.66. The largest absolute Gasteiger partial charge is 0.329 e. The van der Waals surface area contributed by atoms with E-state index in [1.54, 1.807) is 4.40 Å². The van der Waals surface area contributed by atoms with Gasteiger partial charge in [0.1, 0.15) is 0 Å². The lowest BCUT2D eigenvalue weighted by Gasteiger charge is -2.05. The molecule has 2 aromatic rings. The normalized spacial score (nSPS) is 12.9. The van der Waals surface area contributed by atoms with Gasteiger partial charge in [0.2, 0.25) is 5.78 Å². The molecule has 2 N–H and O–H groups in total. The molecule has 5 heteroatoms. The lowest BCUT2D eigenvalue weighted by Crippen LogP contribution is -2.21. The Bertz CT molecular complexity index is 843. The first-order chi connectivity index (χ1) is 9.65. The fourth-order valence-corrected chi connectivity index (χ4v) is 2.52. The number of rotatable bonds is 2. The Morgan fingerprint density at radius 2 is 2.25 bits per heavy atom. The fourth-order valence-electron chi connectivity index (χ4n) is 2.52. The molecule has 3 rings (SSSR count). The second-order valence-electron chi connectivity index (χ2n) is 4.87. The summed E-state index contributed by atoms with van der Waals surface area (Å²) in [5.74, 6) is 6.65. The third-order valence-electron chi connectivity index (χ3n) is 3.67. The summed E-state index contributed by atoms with van der Waals surface area (Å²) in [6.07, 6.45) is 4.28. The van der Waals surface area contributed by atoms with E-state index in [2.05, 4.69) is 16.8 Å². The molecule has 102 valence electrons. The molecular formula is C15H16N4O. The Morgan fingerprint density at radius 1 is 1.45 bits per heavy atom. The van der Waals surface area contributed by atoms with Crippen molar-refractivity contribution in [2.45, 2.75) is 26.8 Å². The third kappa shape index (κ3) is 1.69. The molecule has 1 aliphatic rings. The monoisotopic (exact) mass is 268 g/mol. The number of imidazole rings is 1. The molecule has 0 aromatic carbocycles. The molecule has 5 nitrogen and oxygen atoms in total. The van der Waals surface area contributed by atoms with Crippen LogP contribution < -0.4 is 11.3 Å². The van der Waals surface area contributed by atoms with Gasteiger partial charge in [-0.25, -0.2) is 9.38 Å². The van der Waals surface area contributed by atoms with Crippen molar-refractivity contribution in [1.82, 2.24) is 14.0 Å². The van der Waals surface area contributed by atoms with Gasteiger partial charge in [0.15, 0.2) is 0 Å². The number of allylic oxidation sites excluding steroid dienone is 1. The molecule has 20 heavy (non-hydrogen) atoms. The van der Waals surface area contributed by atoms with Crippen LogP contribution in [0.5, 0.6) is 0 Å². The van der Waals surface area contributed by atoms with E-state index in [1.165, 1.54) is 0 Å². The molecule has 1 aliphatic carbocycles. The van der Waals surface area contributed by atoms with E-state index in [0.717, 1.165) is 17.1 Å². The molecular weight excluding hydrogens is 252 g/mol. The molecule has 0 saturated carbocycles. The summed E-state index contributed by atoms with van der Waals surface area (Å²) in [6.45, 7) is 4.78. The minimum Gasteiger partial charge on any atom is -0.329 e. The third-order valence-corrected chi connectivity index (χ3v) is 3.67. The van der Waals surface area contributed by atoms with Crippen molar-refractivity contribution < 1.29 is 0 Å². The maximum absolute atomic E-state index is 12.6. The lowest BCUT2D eigenvalue weighted by atomic mass is 10.2. The van der Waals surface area contributed by atoms with Crippen molar-refractivity contribution in [2.75, 3.05) is 6.54 Å². The van der Waals surface area contributed by atoms with E-state index in [-0.39, 0.29) is 5.56 Å². The van der Waals surface area contributed by atoms with Crippen LogP contribution in [-0.4, -0.2) is 20.5 Å². The van der Waals surface area contributed by atoms with Crippen LogP contribution >= 0.6 is 0 Å². The Hall–Kier alpha value is -2.32. The molecule has 0 saturated heterocycles. The van der Waals surface area contributed by atoms with Crippen LogP contribution in [0, 0.1) is 25.7 Å². The van der Waals surface area contributed by atoms with E-state index in [1.807, 2.05) is 30.6 Å². The molecule has 0 spiro atoms. The van der Waals surface area contributed by atoms with Gasteiger partial charge in [0.05, 0.1) is 17.8 Å². The minimum atomic E-state index is -0.0170. The summed E-state index contributed by atoms with van der Waals surface area (Å²) >= 11 is 0. The number of nitrogens with zero attached hydrogens (tertiary/aromatic N) is 3. The summed E-state index contributed by atoms with van der Waals surface area (Å²) < 4.78 is 3.67. The van der Waals surface area contributed by atoms with Crippen molar-refractivity contribution in [3.63, 3.8) is 0 Å². The number of hydrogen-bond donors (Lipinski definition) is 1. The topological polar surface area (TPSA) is 65.3 Å². The first kappa shape index (κ1) is 12.7. The summed E-state index contributed by atoms with van der Waals surface area (Å²) in [6, 6.07) is 0. The molecule has 0 fully saturated rings. The Kier molecular flexibility index (Phi) is 2.96. The Balaban J connectivity index is 2.48. The SMILES string of the molecule is Cc1nc2n(CCN)c3c(n2c(=O)c1C)CC#CC=C3. The highest BCUT2D eigenvalue weighted by Gasteiger charge is 2.19. The zero-order valence-electron chi connectivity index (χ0n) is 11.6. The average molecular weight is 268 g/mol. The van der Waals surface area contributed by atoms with Gasteiger partial charge in [0, 0.05) is 24.3 Å². The Morgan fingerprint density at radius 3 is 3.00 bits per heavy atom. The van der Waals surface area contributed by atoms with E-state index in [0.29, 0.717) is 30.9 Å². The Labute approximate surface area is 116 Å². The summed E-state index contributed by atoms with van der Waals surface area (Å²) in [7, 11) is 0. The standard InChI is InChI=1S/C15H16N4O/c1-10-11(2)17-15-18(9-8-16)12-6-4-3-5-7-13(12)19(15)14(10)20/h4,6H,7-9,16H2,1-2H3. The lowest BCUT2D eigenvalue weighted by molar-refractivity contribution is 0.713. The average Bonchev–Trinajstić information content (AvgIpc) is 2.61. The van der Waals surface area contributed by atoms with Gasteiger partial charge >= 0.3 is 0 Å². The van der Waals surface area contributed by atoms with Crippen molar-refractivity contribution in [3.8, 4) is 11.8 Å². The molecule has 0 atom stereocenters. The number of aromatic nitrogens is 3. The van der Waals surface area contributed by atoms with Crippen LogP contribution in [0.25, 0.3) is 11.9 Å². The van der Waals surface area contributed by atoms with Gasteiger partial charge in [-0.15, -0.1) is 0 Å². The van der Waals surface area contributed by atoms with Crippen molar-refractivity contribution in [1.29, 1.82) is 0 Å². The molecule has 0 radical (unpaired) electrons. The van der Waals surface area contributed by atoms with Crippen molar-refractivity contribution >= 4 is 11.9 Å². The number of hydrogen-bond acceptors (Lipinski definition) is 3. The smallest absolute Gasteiger partial charge is 0.262 e. The van der Waals surface area contributed by atoms with Gasteiger partial charge in [-0.05, 0) is 26.0 Å². The van der Waals surface area contributed by atoms with Crippen molar-refractivity contribution in [2.24, 2.45) is 5.73 Å². The number of fused-ring (bicyclic) bond motifs is 3. The van der Waals surface area contributed by atoms with Crippen LogP contribution in [0.1, 0.15) is 22.6 Å². The van der Waals surface area contributed by atoms with Crippen LogP contribution in [0.15, 0.2) is 10.9 Å². The van der Waals surface area contributed by atoms with Gasteiger partial charge in [-0.3, -0.25) is 4.79 Å². The minimum absolute atomic E-state index is 0.0170. The van der Waals surface area contributed by atoms with Gasteiger partial charge in [0.25, 0.3) is 5.56 Å². The summed E-state index contributed by atoms with van der Waals surface area (Å²) in [5, 5.41) is 0. The van der Waals surface area contributed by atoms with E-state index in [9.17, 15) is 4.79 Å². The first-order valence-electron chi connectivity index (χ1n) is 6.61. The van der Waals surface area contributed by atoms with Crippen molar-refractivity contribution in [3.05, 3.63) is 39.1 Å². The quantitative estimate of drug-likeness (QED) is 0.813. The molecule has 2 heterocycles. The first-order valence-corrected chi connectivity index (χ1v) is 6.61. The highest BCUT2D eigenvalue weighted by molar-refractivity contribution is 5.60. The summed E-state index contributed by atoms with van der Waals surface area (Å²) in [5.41, 5.74) is 8.98. The number of nitrogens with two attached hydrogens (primary N) is 1. The van der Waals surface area contributed by atoms with Crippen LogP contribution in [0.2, 0.25) is 0 Å². The highest BCUT2D eigenvalue weighted by Crippen LogP contribution is 2.19. The predicted octanol–water partition coefficient (Wildman–Crippen LogP) is 0.644. The molecule has 0 aliphatic heterocycles. The van der Waals surface area contributed by atoms with E-state index < -0.39 is 0 Å². The van der Waals surface area contributed by atoms with E-state index in [4.69, 9.17) is 5.73 Å². The number of aryl methyl sites for hydroxylation is 1. The zero-order valence-corrected chi connectivity index (χ0v) is 11.6. The van der Waals surface area contributed by atoms with Crippen LogP contribution in [-0.2, 0) is 13.0 Å². The molecule has 0 amide bonds. The molecule has 0 unspecified atom stereocenters. The molecule has 2 aromatic heterocycles. The maximum Gasteiger partial charge on any atom is 0.262 e. The second-order valence-corrected chi connectivity index (χ2v) is 4.87. The van der Waals surface area contributed by atoms with E-state index >= 15 is 0 Å². The maximum atomic E-state index is 12.6. The summed E-state index contributed by atoms with van der Waals surface area (Å²) in [4.78, 5) is 17.1. The predicted molar refractivity (Wildman–Crippen MR) is 78.5 cm³/mol. The van der Waals surface area contributed by atoms with Crippen LogP contribution in [0.3, 0.4) is 0 Å². The molecule has 0 bridgehead atoms. The highest BCUT2D eigenvalue weighted by atomic mass is 16.1. The van der Waals surface area contributed by atoms with Crippen LogP contribution in [0.4, 0.5) is 0 Å². The fraction of sp³-hybridized carbons (Fsp3) is 0.333. The van der Waals surface area contributed by atoms with Gasteiger partial charge in [-0.2, -0.15) is 0 Å².